The Kier molecular flexibility index (Phi) is 5.82. The van der Waals surface area contributed by atoms with Crippen LogP contribution in [0.25, 0.3) is 0 Å². The largest absolute Gasteiger partial charge is 0.491 e. The van der Waals surface area contributed by atoms with Gasteiger partial charge in [0.2, 0.25) is 0 Å². The first kappa shape index (κ1) is 17.6. The van der Waals surface area contributed by atoms with Crippen molar-refractivity contribution in [3.63, 3.8) is 0 Å². The number of anilines is 1. The van der Waals surface area contributed by atoms with Gasteiger partial charge in [-0.1, -0.05) is 23.7 Å². The fraction of sp³-hybridized carbons (Fsp3) is 0.350. The van der Waals surface area contributed by atoms with Gasteiger partial charge in [0.05, 0.1) is 25.0 Å². The maximum atomic E-state index is 11.6. The monoisotopic (exact) mass is 359 g/mol. The Morgan fingerprint density at radius 2 is 2.20 bits per heavy atom. The Hall–Kier alpha value is -2.20. The van der Waals surface area contributed by atoms with Crippen molar-refractivity contribution in [3.8, 4) is 5.75 Å². The molecule has 0 aliphatic carbocycles. The fourth-order valence-corrected chi connectivity index (χ4v) is 3.25. The van der Waals surface area contributed by atoms with Crippen molar-refractivity contribution in [2.45, 2.75) is 19.3 Å². The number of hydrogen-bond donors (Lipinski definition) is 1. The number of carbonyl (C=O) groups excluding carboxylic acids is 1. The van der Waals surface area contributed by atoms with E-state index in [1.165, 1.54) is 12.7 Å². The third-order valence-corrected chi connectivity index (χ3v) is 4.66. The first-order chi connectivity index (χ1) is 12.2. The van der Waals surface area contributed by atoms with Crippen LogP contribution >= 0.6 is 11.6 Å². The molecule has 1 N–H and O–H groups in total. The third kappa shape index (κ3) is 4.67. The predicted octanol–water partition coefficient (Wildman–Crippen LogP) is 4.57. The van der Waals surface area contributed by atoms with Crippen LogP contribution in [0.2, 0.25) is 5.02 Å². The van der Waals surface area contributed by atoms with Crippen molar-refractivity contribution >= 4 is 23.3 Å². The third-order valence-electron chi connectivity index (χ3n) is 4.42. The highest BCUT2D eigenvalue weighted by Gasteiger charge is 2.18. The lowest BCUT2D eigenvalue weighted by Gasteiger charge is -2.13. The highest BCUT2D eigenvalue weighted by Crippen LogP contribution is 2.30. The summed E-state index contributed by atoms with van der Waals surface area (Å²) in [4.78, 5) is 11.6. The molecule has 2 aromatic carbocycles. The Morgan fingerprint density at radius 1 is 1.32 bits per heavy atom. The van der Waals surface area contributed by atoms with E-state index in [1.54, 1.807) is 12.1 Å². The van der Waals surface area contributed by atoms with Gasteiger partial charge in [-0.25, -0.2) is 4.79 Å². The Labute approximate surface area is 153 Å². The molecular weight excluding hydrogens is 338 g/mol. The summed E-state index contributed by atoms with van der Waals surface area (Å²) in [6, 6.07) is 13.4. The molecule has 0 aromatic heterocycles. The summed E-state index contributed by atoms with van der Waals surface area (Å²) in [6.07, 6.45) is 3.16. The lowest BCUT2D eigenvalue weighted by atomic mass is 10.00. The van der Waals surface area contributed by atoms with Crippen LogP contribution in [-0.4, -0.2) is 26.2 Å². The molecule has 0 spiro atoms. The van der Waals surface area contributed by atoms with Crippen LogP contribution in [0.1, 0.15) is 28.8 Å². The maximum absolute atomic E-state index is 11.6. The zero-order chi connectivity index (χ0) is 17.6. The van der Waals surface area contributed by atoms with Crippen molar-refractivity contribution in [2.24, 2.45) is 5.92 Å². The number of aryl methyl sites for hydroxylation is 1. The van der Waals surface area contributed by atoms with Crippen molar-refractivity contribution in [3.05, 3.63) is 58.6 Å². The van der Waals surface area contributed by atoms with E-state index in [0.717, 1.165) is 42.3 Å². The van der Waals surface area contributed by atoms with Gasteiger partial charge >= 0.3 is 5.97 Å². The first-order valence-corrected chi connectivity index (χ1v) is 8.87. The lowest BCUT2D eigenvalue weighted by molar-refractivity contribution is 0.0601. The van der Waals surface area contributed by atoms with E-state index in [0.29, 0.717) is 18.1 Å². The number of rotatable bonds is 5. The van der Waals surface area contributed by atoms with Crippen LogP contribution in [0.15, 0.2) is 42.5 Å². The molecule has 3 rings (SSSR count). The molecule has 0 radical (unpaired) electrons. The Balaban J connectivity index is 1.54. The fourth-order valence-electron chi connectivity index (χ4n) is 3.03. The number of nitrogens with one attached hydrogen (secondary N) is 1. The molecule has 1 heterocycles. The smallest absolute Gasteiger partial charge is 0.337 e. The van der Waals surface area contributed by atoms with E-state index in [-0.39, 0.29) is 5.97 Å². The average molecular weight is 360 g/mol. The normalized spacial score (nSPS) is 16.2. The van der Waals surface area contributed by atoms with E-state index in [9.17, 15) is 4.79 Å². The molecule has 1 unspecified atom stereocenters. The Morgan fingerprint density at radius 3 is 3.00 bits per heavy atom. The average Bonchev–Trinajstić information content (AvgIpc) is 2.83. The molecule has 0 amide bonds. The summed E-state index contributed by atoms with van der Waals surface area (Å²) in [5.41, 5.74) is 2.64. The molecule has 4 nitrogen and oxygen atoms in total. The summed E-state index contributed by atoms with van der Waals surface area (Å²) in [6.45, 7) is 1.50. The standard InChI is InChI=1S/C20H22ClNO3/c1-24-20(23)16-8-9-19-18(11-16)22-12-15(13-25-19)6-2-4-14-5-3-7-17(21)10-14/h3,5,7-11,15,22H,2,4,6,12-13H2,1H3. The van der Waals surface area contributed by atoms with Crippen molar-refractivity contribution in [2.75, 3.05) is 25.6 Å². The Bertz CT molecular complexity index is 747. The van der Waals surface area contributed by atoms with Gasteiger partial charge in [0.15, 0.2) is 0 Å². The number of carbonyl (C=O) groups is 1. The summed E-state index contributed by atoms with van der Waals surface area (Å²) in [7, 11) is 1.38. The summed E-state index contributed by atoms with van der Waals surface area (Å²) in [5.74, 6) is 0.866. The number of fused-ring (bicyclic) bond motifs is 1. The number of esters is 1. The van der Waals surface area contributed by atoms with Gasteiger partial charge in [0.1, 0.15) is 5.75 Å². The van der Waals surface area contributed by atoms with E-state index in [1.807, 2.05) is 24.3 Å². The van der Waals surface area contributed by atoms with Crippen molar-refractivity contribution < 1.29 is 14.3 Å². The van der Waals surface area contributed by atoms with E-state index < -0.39 is 0 Å². The quantitative estimate of drug-likeness (QED) is 0.794. The molecule has 0 saturated heterocycles. The minimum atomic E-state index is -0.341. The number of ether oxygens (including phenoxy) is 2. The predicted molar refractivity (Wildman–Crippen MR) is 99.6 cm³/mol. The minimum Gasteiger partial charge on any atom is -0.491 e. The molecule has 0 bridgehead atoms. The van der Waals surface area contributed by atoms with Crippen molar-refractivity contribution in [1.29, 1.82) is 0 Å². The summed E-state index contributed by atoms with van der Waals surface area (Å²) < 4.78 is 10.7. The molecule has 2 aromatic rings. The second kappa shape index (κ2) is 8.26. The molecule has 0 fully saturated rings. The van der Waals surface area contributed by atoms with Gasteiger partial charge in [-0.15, -0.1) is 0 Å². The molecule has 1 aliphatic heterocycles. The lowest BCUT2D eigenvalue weighted by Crippen LogP contribution is -2.18. The van der Waals surface area contributed by atoms with Crippen molar-refractivity contribution in [1.82, 2.24) is 0 Å². The highest BCUT2D eigenvalue weighted by atomic mass is 35.5. The maximum Gasteiger partial charge on any atom is 0.337 e. The zero-order valence-corrected chi connectivity index (χ0v) is 15.0. The topological polar surface area (TPSA) is 47.6 Å². The molecule has 1 atom stereocenters. The zero-order valence-electron chi connectivity index (χ0n) is 14.3. The van der Waals surface area contributed by atoms with Gasteiger partial charge in [0, 0.05) is 17.5 Å². The first-order valence-electron chi connectivity index (χ1n) is 8.49. The number of hydrogen-bond acceptors (Lipinski definition) is 4. The van der Waals surface area contributed by atoms with E-state index in [4.69, 9.17) is 21.1 Å². The second-order valence-corrected chi connectivity index (χ2v) is 6.72. The SMILES string of the molecule is COC(=O)c1ccc2c(c1)NCC(CCCc1cccc(Cl)c1)CO2. The molecule has 0 saturated carbocycles. The van der Waals surface area contributed by atoms with Crippen LogP contribution in [0.4, 0.5) is 5.69 Å². The number of methoxy groups -OCH3 is 1. The van der Waals surface area contributed by atoms with Crippen LogP contribution in [0.3, 0.4) is 0 Å². The van der Waals surface area contributed by atoms with Gasteiger partial charge in [0.25, 0.3) is 0 Å². The van der Waals surface area contributed by atoms with Gasteiger partial charge in [-0.3, -0.25) is 0 Å². The summed E-state index contributed by atoms with van der Waals surface area (Å²) in [5, 5.41) is 4.18. The molecule has 1 aliphatic rings. The van der Waals surface area contributed by atoms with Gasteiger partial charge < -0.3 is 14.8 Å². The highest BCUT2D eigenvalue weighted by molar-refractivity contribution is 6.30. The van der Waals surface area contributed by atoms with E-state index in [2.05, 4.69) is 11.4 Å². The van der Waals surface area contributed by atoms with Crippen LogP contribution in [0.5, 0.6) is 5.75 Å². The van der Waals surface area contributed by atoms with Crippen LogP contribution < -0.4 is 10.1 Å². The molecular formula is C20H22ClNO3. The molecule has 25 heavy (non-hydrogen) atoms. The van der Waals surface area contributed by atoms with E-state index >= 15 is 0 Å². The molecule has 132 valence electrons. The van der Waals surface area contributed by atoms with Crippen LogP contribution in [0, 0.1) is 5.92 Å². The summed E-state index contributed by atoms with van der Waals surface area (Å²) >= 11 is 6.03. The second-order valence-electron chi connectivity index (χ2n) is 6.28. The van der Waals surface area contributed by atoms with Gasteiger partial charge in [-0.2, -0.15) is 0 Å². The number of benzene rings is 2. The minimum absolute atomic E-state index is 0.341. The molecule has 5 heteroatoms. The number of halogens is 1. The van der Waals surface area contributed by atoms with Gasteiger partial charge in [-0.05, 0) is 55.2 Å². The van der Waals surface area contributed by atoms with Crippen LogP contribution in [-0.2, 0) is 11.2 Å².